The number of amides is 1. The number of methoxy groups -OCH3 is 1. The quantitative estimate of drug-likeness (QED) is 0.314. The molecule has 0 spiro atoms. The van der Waals surface area contributed by atoms with Gasteiger partial charge in [-0.2, -0.15) is 0 Å². The number of carbonyl (C=O) groups excluding carboxylic acids is 1. The molecule has 0 saturated carbocycles. The Kier molecular flexibility index (Phi) is 9.87. The summed E-state index contributed by atoms with van der Waals surface area (Å²) in [5.74, 6) is 0.890. The van der Waals surface area contributed by atoms with E-state index in [1.165, 1.54) is 0 Å². The minimum absolute atomic E-state index is 0. The summed E-state index contributed by atoms with van der Waals surface area (Å²) in [5.41, 5.74) is 3.08. The first kappa shape index (κ1) is 24.4. The first-order valence-electron chi connectivity index (χ1n) is 9.73. The second-order valence-corrected chi connectivity index (χ2v) is 7.34. The average Bonchev–Trinajstić information content (AvgIpc) is 3.17. The number of ether oxygens (including phenoxy) is 1. The van der Waals surface area contributed by atoms with Crippen molar-refractivity contribution >= 4 is 53.1 Å². The molecule has 1 saturated heterocycles. The number of carbonyl (C=O) groups is 1. The van der Waals surface area contributed by atoms with Gasteiger partial charge in [-0.05, 0) is 41.8 Å². The third kappa shape index (κ3) is 6.58. The van der Waals surface area contributed by atoms with E-state index in [1.807, 2.05) is 53.4 Å². The van der Waals surface area contributed by atoms with Crippen molar-refractivity contribution in [3.05, 3.63) is 64.7 Å². The fraction of sp³-hybridized carbons (Fsp3) is 0.364. The number of nitrogens with zero attached hydrogens (tertiary/aromatic N) is 2. The highest BCUT2D eigenvalue weighted by Gasteiger charge is 2.21. The third-order valence-corrected chi connectivity index (χ3v) is 5.20. The van der Waals surface area contributed by atoms with Crippen molar-refractivity contribution in [2.45, 2.75) is 25.5 Å². The van der Waals surface area contributed by atoms with Crippen molar-refractivity contribution in [2.75, 3.05) is 32.1 Å². The zero-order chi connectivity index (χ0) is 20.6. The molecule has 162 valence electrons. The summed E-state index contributed by atoms with van der Waals surface area (Å²) < 4.78 is 5.58. The Labute approximate surface area is 200 Å². The fourth-order valence-corrected chi connectivity index (χ4v) is 3.55. The minimum atomic E-state index is -0.135. The van der Waals surface area contributed by atoms with Gasteiger partial charge in [-0.3, -0.25) is 9.79 Å². The number of rotatable bonds is 7. The van der Waals surface area contributed by atoms with Crippen LogP contribution in [0.3, 0.4) is 0 Å². The van der Waals surface area contributed by atoms with E-state index in [1.54, 1.807) is 14.2 Å². The van der Waals surface area contributed by atoms with E-state index in [9.17, 15) is 4.79 Å². The topological polar surface area (TPSA) is 66.0 Å². The van der Waals surface area contributed by atoms with Gasteiger partial charge in [-0.25, -0.2) is 0 Å². The van der Waals surface area contributed by atoms with E-state index < -0.39 is 0 Å². The molecule has 1 amide bonds. The molecule has 30 heavy (non-hydrogen) atoms. The highest BCUT2D eigenvalue weighted by Crippen LogP contribution is 2.22. The summed E-state index contributed by atoms with van der Waals surface area (Å²) in [7, 11) is 3.41. The van der Waals surface area contributed by atoms with Crippen LogP contribution in [0.4, 0.5) is 5.69 Å². The van der Waals surface area contributed by atoms with Crippen LogP contribution < -0.4 is 15.5 Å². The number of benzene rings is 2. The van der Waals surface area contributed by atoms with Crippen molar-refractivity contribution in [3.8, 4) is 0 Å². The molecule has 2 N–H and O–H groups in total. The van der Waals surface area contributed by atoms with Crippen LogP contribution in [0.25, 0.3) is 0 Å². The lowest BCUT2D eigenvalue weighted by Crippen LogP contribution is -2.39. The normalized spacial score (nSPS) is 15.0. The van der Waals surface area contributed by atoms with Gasteiger partial charge in [0.1, 0.15) is 0 Å². The molecule has 1 unspecified atom stereocenters. The van der Waals surface area contributed by atoms with Crippen LogP contribution >= 0.6 is 35.6 Å². The summed E-state index contributed by atoms with van der Waals surface area (Å²) in [6.45, 7) is 2.00. The molecule has 6 nitrogen and oxygen atoms in total. The molecule has 1 fully saturated rings. The molecule has 1 aliphatic heterocycles. The van der Waals surface area contributed by atoms with Crippen molar-refractivity contribution in [3.63, 3.8) is 0 Å². The second kappa shape index (κ2) is 12.1. The Bertz CT molecular complexity index is 860. The van der Waals surface area contributed by atoms with Crippen molar-refractivity contribution in [1.82, 2.24) is 10.6 Å². The van der Waals surface area contributed by atoms with Crippen molar-refractivity contribution < 1.29 is 9.53 Å². The Morgan fingerprint density at radius 2 is 2.00 bits per heavy atom. The monoisotopic (exact) mass is 542 g/mol. The molecule has 3 rings (SSSR count). The molecule has 1 heterocycles. The highest BCUT2D eigenvalue weighted by atomic mass is 127. The first-order valence-corrected chi connectivity index (χ1v) is 10.1. The predicted octanol–water partition coefficient (Wildman–Crippen LogP) is 4.14. The molecule has 0 aliphatic carbocycles. The van der Waals surface area contributed by atoms with Crippen LogP contribution in [0.15, 0.2) is 53.5 Å². The maximum absolute atomic E-state index is 11.9. The van der Waals surface area contributed by atoms with E-state index in [0.717, 1.165) is 29.8 Å². The van der Waals surface area contributed by atoms with Crippen LogP contribution in [-0.4, -0.2) is 39.1 Å². The number of anilines is 1. The lowest BCUT2D eigenvalue weighted by molar-refractivity contribution is -0.117. The third-order valence-electron chi connectivity index (χ3n) is 4.96. The second-order valence-electron chi connectivity index (χ2n) is 6.90. The van der Waals surface area contributed by atoms with Crippen LogP contribution in [0.5, 0.6) is 0 Å². The molecule has 8 heteroatoms. The van der Waals surface area contributed by atoms with E-state index in [-0.39, 0.29) is 36.0 Å². The Morgan fingerprint density at radius 3 is 2.60 bits per heavy atom. The maximum Gasteiger partial charge on any atom is 0.227 e. The summed E-state index contributed by atoms with van der Waals surface area (Å²) >= 11 is 6.08. The lowest BCUT2D eigenvalue weighted by atomic mass is 10.1. The molecule has 2 aromatic carbocycles. The van der Waals surface area contributed by atoms with E-state index >= 15 is 0 Å². The number of hydrogen-bond donors (Lipinski definition) is 2. The Balaban J connectivity index is 0.00000320. The molecule has 2 aromatic rings. The number of hydrogen-bond acceptors (Lipinski definition) is 3. The highest BCUT2D eigenvalue weighted by molar-refractivity contribution is 14.0. The SMILES string of the molecule is CN=C(NCc1ccc(N2CCCC2=O)cc1)NCC(OC)c1cccc(Cl)c1.I. The van der Waals surface area contributed by atoms with Crippen LogP contribution in [0, 0.1) is 0 Å². The molecule has 0 radical (unpaired) electrons. The van der Waals surface area contributed by atoms with Crippen LogP contribution in [-0.2, 0) is 16.1 Å². The van der Waals surface area contributed by atoms with Crippen LogP contribution in [0.2, 0.25) is 5.02 Å². The van der Waals surface area contributed by atoms with Gasteiger partial charge in [0.05, 0.1) is 6.10 Å². The molecule has 0 bridgehead atoms. The summed E-state index contributed by atoms with van der Waals surface area (Å²) in [6, 6.07) is 15.7. The summed E-state index contributed by atoms with van der Waals surface area (Å²) in [5, 5.41) is 7.28. The molecular weight excluding hydrogens is 515 g/mol. The Morgan fingerprint density at radius 1 is 1.23 bits per heavy atom. The average molecular weight is 543 g/mol. The van der Waals surface area contributed by atoms with Gasteiger partial charge >= 0.3 is 0 Å². The predicted molar refractivity (Wildman–Crippen MR) is 133 cm³/mol. The molecule has 1 atom stereocenters. The van der Waals surface area contributed by atoms with Crippen LogP contribution in [0.1, 0.15) is 30.1 Å². The van der Waals surface area contributed by atoms with Gasteiger partial charge in [0.15, 0.2) is 5.96 Å². The number of nitrogens with one attached hydrogen (secondary N) is 2. The largest absolute Gasteiger partial charge is 0.375 e. The van der Waals surface area contributed by atoms with E-state index in [0.29, 0.717) is 30.5 Å². The number of halogens is 2. The minimum Gasteiger partial charge on any atom is -0.375 e. The summed E-state index contributed by atoms with van der Waals surface area (Å²) in [4.78, 5) is 18.0. The smallest absolute Gasteiger partial charge is 0.227 e. The number of aliphatic imine (C=N–C) groups is 1. The van der Waals surface area contributed by atoms with E-state index in [2.05, 4.69) is 15.6 Å². The fourth-order valence-electron chi connectivity index (χ4n) is 3.35. The maximum atomic E-state index is 11.9. The molecule has 0 aromatic heterocycles. The summed E-state index contributed by atoms with van der Waals surface area (Å²) in [6.07, 6.45) is 1.44. The van der Waals surface area contributed by atoms with E-state index in [4.69, 9.17) is 16.3 Å². The lowest BCUT2D eigenvalue weighted by Gasteiger charge is -2.19. The molecular formula is C22H28ClIN4O2. The number of guanidine groups is 1. The zero-order valence-corrected chi connectivity index (χ0v) is 20.3. The standard InChI is InChI=1S/C22H27ClN4O2.HI/c1-24-22(26-15-20(29-2)17-5-3-6-18(23)13-17)25-14-16-8-10-19(11-9-16)27-12-4-7-21(27)28;/h3,5-6,8-11,13,20H,4,7,12,14-15H2,1-2H3,(H2,24,25,26);1H. The van der Waals surface area contributed by atoms with Gasteiger partial charge in [-0.15, -0.1) is 24.0 Å². The van der Waals surface area contributed by atoms with Gasteiger partial charge in [0, 0.05) is 50.9 Å². The van der Waals surface area contributed by atoms with Gasteiger partial charge < -0.3 is 20.3 Å². The van der Waals surface area contributed by atoms with Gasteiger partial charge in [0.2, 0.25) is 5.91 Å². The first-order chi connectivity index (χ1) is 14.1. The Hall–Kier alpha value is -1.84. The zero-order valence-electron chi connectivity index (χ0n) is 17.2. The van der Waals surface area contributed by atoms with Crippen molar-refractivity contribution in [1.29, 1.82) is 0 Å². The van der Waals surface area contributed by atoms with Gasteiger partial charge in [0.25, 0.3) is 0 Å². The van der Waals surface area contributed by atoms with Gasteiger partial charge in [-0.1, -0.05) is 35.9 Å². The molecule has 1 aliphatic rings. The van der Waals surface area contributed by atoms with Crippen molar-refractivity contribution in [2.24, 2.45) is 4.99 Å².